The fourth-order valence-electron chi connectivity index (χ4n) is 2.91. The number of halogens is 3. The van der Waals surface area contributed by atoms with E-state index >= 15 is 0 Å². The van der Waals surface area contributed by atoms with Gasteiger partial charge in [0, 0.05) is 48.3 Å². The van der Waals surface area contributed by atoms with Crippen molar-refractivity contribution in [3.63, 3.8) is 0 Å². The molecular formula is C20H23BrClFN2O2. The van der Waals surface area contributed by atoms with Crippen LogP contribution in [-0.4, -0.2) is 44.3 Å². The summed E-state index contributed by atoms with van der Waals surface area (Å²) in [6.07, 6.45) is 0. The minimum atomic E-state index is -0.349. The molecule has 0 bridgehead atoms. The highest BCUT2D eigenvalue weighted by molar-refractivity contribution is 9.10. The van der Waals surface area contributed by atoms with Crippen molar-refractivity contribution in [1.82, 2.24) is 10.2 Å². The van der Waals surface area contributed by atoms with E-state index in [9.17, 15) is 4.39 Å². The van der Waals surface area contributed by atoms with Gasteiger partial charge in [0.05, 0.1) is 18.2 Å². The fraction of sp³-hybridized carbons (Fsp3) is 0.400. The zero-order valence-corrected chi connectivity index (χ0v) is 17.4. The Morgan fingerprint density at radius 3 is 2.74 bits per heavy atom. The standard InChI is InChI=1S/C20H23BrClFN2O2/c21-17-2-4-20(27-14-15-1-3-18(23)12-19(15)22)16(11-17)13-24-5-6-25-7-9-26-10-8-25/h1-4,11-12,24H,5-10,13-14H2. The van der Waals surface area contributed by atoms with Gasteiger partial charge in [-0.1, -0.05) is 33.6 Å². The van der Waals surface area contributed by atoms with E-state index in [-0.39, 0.29) is 5.82 Å². The summed E-state index contributed by atoms with van der Waals surface area (Å²) in [5.74, 6) is 0.440. The smallest absolute Gasteiger partial charge is 0.124 e. The van der Waals surface area contributed by atoms with Gasteiger partial charge in [0.1, 0.15) is 18.2 Å². The van der Waals surface area contributed by atoms with E-state index in [0.29, 0.717) is 18.2 Å². The van der Waals surface area contributed by atoms with E-state index in [1.807, 2.05) is 18.2 Å². The monoisotopic (exact) mass is 456 g/mol. The van der Waals surface area contributed by atoms with Crippen LogP contribution in [0.5, 0.6) is 5.75 Å². The molecule has 0 unspecified atom stereocenters. The topological polar surface area (TPSA) is 33.7 Å². The molecule has 0 spiro atoms. The van der Waals surface area contributed by atoms with Gasteiger partial charge < -0.3 is 14.8 Å². The van der Waals surface area contributed by atoms with Crippen molar-refractivity contribution in [1.29, 1.82) is 0 Å². The first-order valence-electron chi connectivity index (χ1n) is 8.98. The highest BCUT2D eigenvalue weighted by atomic mass is 79.9. The Kier molecular flexibility index (Phi) is 7.91. The van der Waals surface area contributed by atoms with Crippen LogP contribution in [-0.2, 0) is 17.9 Å². The molecule has 0 radical (unpaired) electrons. The summed E-state index contributed by atoms with van der Waals surface area (Å²) >= 11 is 9.60. The lowest BCUT2D eigenvalue weighted by Crippen LogP contribution is -2.40. The molecule has 2 aromatic rings. The average molecular weight is 458 g/mol. The molecule has 0 aromatic heterocycles. The second kappa shape index (κ2) is 10.4. The van der Waals surface area contributed by atoms with Crippen molar-refractivity contribution in [2.24, 2.45) is 0 Å². The van der Waals surface area contributed by atoms with Crippen LogP contribution in [0, 0.1) is 5.82 Å². The van der Waals surface area contributed by atoms with E-state index in [1.165, 1.54) is 12.1 Å². The van der Waals surface area contributed by atoms with Gasteiger partial charge in [-0.15, -0.1) is 0 Å². The van der Waals surface area contributed by atoms with Crippen LogP contribution in [0.4, 0.5) is 4.39 Å². The number of benzene rings is 2. The third-order valence-electron chi connectivity index (χ3n) is 4.44. The Bertz CT molecular complexity index is 757. The summed E-state index contributed by atoms with van der Waals surface area (Å²) in [5.41, 5.74) is 1.82. The van der Waals surface area contributed by atoms with E-state index in [2.05, 4.69) is 26.1 Å². The van der Waals surface area contributed by atoms with Crippen molar-refractivity contribution in [2.45, 2.75) is 13.2 Å². The summed E-state index contributed by atoms with van der Waals surface area (Å²) in [6.45, 7) is 6.51. The molecule has 0 atom stereocenters. The maximum absolute atomic E-state index is 13.2. The van der Waals surface area contributed by atoms with Crippen LogP contribution in [0.25, 0.3) is 0 Å². The number of morpholine rings is 1. The van der Waals surface area contributed by atoms with Gasteiger partial charge in [-0.25, -0.2) is 4.39 Å². The van der Waals surface area contributed by atoms with Crippen LogP contribution in [0.2, 0.25) is 5.02 Å². The summed E-state index contributed by atoms with van der Waals surface area (Å²) in [6, 6.07) is 10.3. The van der Waals surface area contributed by atoms with E-state index in [1.54, 1.807) is 6.07 Å². The van der Waals surface area contributed by atoms with Gasteiger partial charge in [0.25, 0.3) is 0 Å². The van der Waals surface area contributed by atoms with Gasteiger partial charge in [0.2, 0.25) is 0 Å². The zero-order chi connectivity index (χ0) is 19.1. The predicted octanol–water partition coefficient (Wildman–Crippen LogP) is 4.24. The molecule has 3 rings (SSSR count). The Labute approximate surface area is 172 Å². The fourth-order valence-corrected chi connectivity index (χ4v) is 3.54. The van der Waals surface area contributed by atoms with Crippen LogP contribution in [0.3, 0.4) is 0 Å². The summed E-state index contributed by atoms with van der Waals surface area (Å²) in [4.78, 5) is 2.39. The normalized spacial score (nSPS) is 15.1. The molecule has 2 aromatic carbocycles. The molecular weight excluding hydrogens is 435 g/mol. The third kappa shape index (κ3) is 6.43. The molecule has 1 aliphatic rings. The van der Waals surface area contributed by atoms with Crippen molar-refractivity contribution in [2.75, 3.05) is 39.4 Å². The van der Waals surface area contributed by atoms with Gasteiger partial charge in [-0.2, -0.15) is 0 Å². The van der Waals surface area contributed by atoms with Gasteiger partial charge >= 0.3 is 0 Å². The number of nitrogens with zero attached hydrogens (tertiary/aromatic N) is 1. The molecule has 7 heteroatoms. The van der Waals surface area contributed by atoms with Gasteiger partial charge in [-0.3, -0.25) is 4.90 Å². The van der Waals surface area contributed by atoms with Crippen molar-refractivity contribution in [3.8, 4) is 5.75 Å². The molecule has 1 saturated heterocycles. The lowest BCUT2D eigenvalue weighted by Gasteiger charge is -2.26. The molecule has 4 nitrogen and oxygen atoms in total. The molecule has 1 fully saturated rings. The SMILES string of the molecule is Fc1ccc(COc2ccc(Br)cc2CNCCN2CCOCC2)c(Cl)c1. The molecule has 1 N–H and O–H groups in total. The average Bonchev–Trinajstić information content (AvgIpc) is 2.66. The molecule has 146 valence electrons. The number of nitrogens with one attached hydrogen (secondary N) is 1. The lowest BCUT2D eigenvalue weighted by atomic mass is 10.2. The molecule has 0 aliphatic carbocycles. The number of rotatable bonds is 8. The minimum absolute atomic E-state index is 0.293. The number of hydrogen-bond donors (Lipinski definition) is 1. The summed E-state index contributed by atoms with van der Waals surface area (Å²) < 4.78 is 25.5. The van der Waals surface area contributed by atoms with Gasteiger partial charge in [-0.05, 0) is 30.3 Å². The van der Waals surface area contributed by atoms with Gasteiger partial charge in [0.15, 0.2) is 0 Å². The Morgan fingerprint density at radius 2 is 1.96 bits per heavy atom. The largest absolute Gasteiger partial charge is 0.489 e. The van der Waals surface area contributed by atoms with E-state index in [0.717, 1.165) is 60.7 Å². The number of ether oxygens (including phenoxy) is 2. The first kappa shape index (κ1) is 20.6. The first-order chi connectivity index (χ1) is 13.1. The van der Waals surface area contributed by atoms with Crippen molar-refractivity contribution >= 4 is 27.5 Å². The molecule has 27 heavy (non-hydrogen) atoms. The van der Waals surface area contributed by atoms with Crippen molar-refractivity contribution < 1.29 is 13.9 Å². The van der Waals surface area contributed by atoms with Crippen molar-refractivity contribution in [3.05, 3.63) is 62.8 Å². The Hall–Kier alpha value is -1.18. The summed E-state index contributed by atoms with van der Waals surface area (Å²) in [5, 5.41) is 3.85. The molecule has 0 saturated carbocycles. The predicted molar refractivity (Wildman–Crippen MR) is 109 cm³/mol. The lowest BCUT2D eigenvalue weighted by molar-refractivity contribution is 0.0384. The highest BCUT2D eigenvalue weighted by Gasteiger charge is 2.10. The highest BCUT2D eigenvalue weighted by Crippen LogP contribution is 2.25. The maximum atomic E-state index is 13.2. The number of hydrogen-bond acceptors (Lipinski definition) is 4. The minimum Gasteiger partial charge on any atom is -0.489 e. The summed E-state index contributed by atoms with van der Waals surface area (Å²) in [7, 11) is 0. The zero-order valence-electron chi connectivity index (χ0n) is 15.0. The third-order valence-corrected chi connectivity index (χ3v) is 5.29. The quantitative estimate of drug-likeness (QED) is 0.601. The molecule has 1 aliphatic heterocycles. The van der Waals surface area contributed by atoms with Crippen LogP contribution in [0.1, 0.15) is 11.1 Å². The van der Waals surface area contributed by atoms with E-state index in [4.69, 9.17) is 21.1 Å². The van der Waals surface area contributed by atoms with E-state index < -0.39 is 0 Å². The van der Waals surface area contributed by atoms with Crippen LogP contribution < -0.4 is 10.1 Å². The molecule has 0 amide bonds. The maximum Gasteiger partial charge on any atom is 0.124 e. The second-order valence-corrected chi connectivity index (χ2v) is 7.73. The van der Waals surface area contributed by atoms with Crippen LogP contribution in [0.15, 0.2) is 40.9 Å². The molecule has 1 heterocycles. The second-order valence-electron chi connectivity index (χ2n) is 6.41. The van der Waals surface area contributed by atoms with Crippen LogP contribution >= 0.6 is 27.5 Å². The first-order valence-corrected chi connectivity index (χ1v) is 10.1. The Balaban J connectivity index is 1.54. The Morgan fingerprint density at radius 1 is 1.15 bits per heavy atom.